The maximum absolute atomic E-state index is 12.0. The molecule has 1 aliphatic rings. The van der Waals surface area contributed by atoms with Crippen molar-refractivity contribution >= 4 is 17.5 Å². The van der Waals surface area contributed by atoms with Gasteiger partial charge in [0.05, 0.1) is 5.92 Å². The number of carboxylic acids is 1. The van der Waals surface area contributed by atoms with Crippen molar-refractivity contribution in [1.29, 1.82) is 10.5 Å². The average molecular weight is 363 g/mol. The Morgan fingerprint density at radius 3 is 2.26 bits per heavy atom. The number of piperidine rings is 1. The van der Waals surface area contributed by atoms with Gasteiger partial charge in [0.25, 0.3) is 5.56 Å². The summed E-state index contributed by atoms with van der Waals surface area (Å²) in [5, 5.41) is 27.8. The highest BCUT2D eigenvalue weighted by atomic mass is 16.4. The van der Waals surface area contributed by atoms with Gasteiger partial charge in [0.2, 0.25) is 0 Å². The summed E-state index contributed by atoms with van der Waals surface area (Å²) in [6.45, 7) is 1.28. The molecule has 0 spiro atoms. The Bertz CT molecular complexity index is 1020. The molecule has 1 fully saturated rings. The van der Waals surface area contributed by atoms with E-state index in [1.165, 1.54) is 0 Å². The summed E-state index contributed by atoms with van der Waals surface area (Å²) in [5.41, 5.74) is 6.68. The van der Waals surface area contributed by atoms with Gasteiger partial charge in [0.15, 0.2) is 0 Å². The van der Waals surface area contributed by atoms with Crippen molar-refractivity contribution in [2.45, 2.75) is 12.8 Å². The van der Waals surface area contributed by atoms with E-state index in [1.54, 1.807) is 12.1 Å². The van der Waals surface area contributed by atoms with Gasteiger partial charge in [0.1, 0.15) is 29.1 Å². The first-order valence-corrected chi connectivity index (χ1v) is 8.40. The highest BCUT2D eigenvalue weighted by molar-refractivity contribution is 5.80. The molecule has 1 aromatic carbocycles. The van der Waals surface area contributed by atoms with Crippen LogP contribution in [0.4, 0.5) is 11.5 Å². The normalized spacial score (nSPS) is 14.4. The Morgan fingerprint density at radius 2 is 1.74 bits per heavy atom. The molecule has 0 saturated carbocycles. The zero-order valence-electron chi connectivity index (χ0n) is 14.4. The third kappa shape index (κ3) is 3.33. The number of pyridine rings is 1. The molecule has 0 atom stereocenters. The van der Waals surface area contributed by atoms with Gasteiger partial charge in [-0.2, -0.15) is 10.5 Å². The first-order chi connectivity index (χ1) is 13.0. The lowest BCUT2D eigenvalue weighted by atomic mass is 9.95. The number of nitrogen functional groups attached to an aromatic ring is 1. The van der Waals surface area contributed by atoms with Gasteiger partial charge in [-0.3, -0.25) is 9.59 Å². The number of nitrogens with zero attached hydrogens (tertiary/aromatic N) is 3. The topological polar surface area (TPSA) is 147 Å². The second-order valence-corrected chi connectivity index (χ2v) is 6.36. The van der Waals surface area contributed by atoms with E-state index in [-0.39, 0.29) is 28.4 Å². The van der Waals surface area contributed by atoms with Crippen molar-refractivity contribution in [3.05, 3.63) is 45.7 Å². The van der Waals surface area contributed by atoms with Crippen LogP contribution in [0.15, 0.2) is 29.1 Å². The Balaban J connectivity index is 1.94. The number of nitrogens with two attached hydrogens (primary N) is 1. The number of nitriles is 2. The summed E-state index contributed by atoms with van der Waals surface area (Å²) in [6.07, 6.45) is 1.16. The number of carboxylic acid groups (broad SMARTS) is 1. The minimum Gasteiger partial charge on any atom is -0.481 e. The van der Waals surface area contributed by atoms with E-state index in [1.807, 2.05) is 24.3 Å². The second-order valence-electron chi connectivity index (χ2n) is 6.36. The van der Waals surface area contributed by atoms with Gasteiger partial charge >= 0.3 is 5.97 Å². The average Bonchev–Trinajstić information content (AvgIpc) is 2.67. The standard InChI is InChI=1S/C19H17N5O3/c20-9-14-16(15(10-21)18(25)23-17(14)22)11-1-3-13(4-2-11)24-7-5-12(6-8-24)19(26)27/h1-4,12H,5-8H2,(H,26,27)(H3,22,23,25). The molecule has 0 bridgehead atoms. The number of benzene rings is 1. The fraction of sp³-hybridized carbons (Fsp3) is 0.263. The Labute approximate surface area is 155 Å². The van der Waals surface area contributed by atoms with E-state index in [9.17, 15) is 20.1 Å². The van der Waals surface area contributed by atoms with Gasteiger partial charge in [-0.25, -0.2) is 0 Å². The van der Waals surface area contributed by atoms with E-state index in [4.69, 9.17) is 10.8 Å². The summed E-state index contributed by atoms with van der Waals surface area (Å²) in [7, 11) is 0. The number of hydrogen-bond donors (Lipinski definition) is 3. The lowest BCUT2D eigenvalue weighted by Gasteiger charge is -2.32. The highest BCUT2D eigenvalue weighted by Crippen LogP contribution is 2.30. The van der Waals surface area contributed by atoms with Crippen molar-refractivity contribution in [3.8, 4) is 23.3 Å². The SMILES string of the molecule is N#Cc1c(N)[nH]c(=O)c(C#N)c1-c1ccc(N2CCC(C(=O)O)CC2)cc1. The van der Waals surface area contributed by atoms with Crippen LogP contribution < -0.4 is 16.2 Å². The molecule has 3 rings (SSSR count). The number of aromatic amines is 1. The van der Waals surface area contributed by atoms with Crippen molar-refractivity contribution in [3.63, 3.8) is 0 Å². The van der Waals surface area contributed by atoms with Crippen LogP contribution in [0.3, 0.4) is 0 Å². The first-order valence-electron chi connectivity index (χ1n) is 8.40. The smallest absolute Gasteiger partial charge is 0.306 e. The minimum atomic E-state index is -0.759. The number of aliphatic carboxylic acids is 1. The van der Waals surface area contributed by atoms with E-state index in [0.29, 0.717) is 31.5 Å². The summed E-state index contributed by atoms with van der Waals surface area (Å²) >= 11 is 0. The zero-order chi connectivity index (χ0) is 19.6. The van der Waals surface area contributed by atoms with Crippen LogP contribution in [0.25, 0.3) is 11.1 Å². The Kier molecular flexibility index (Phi) is 4.82. The lowest BCUT2D eigenvalue weighted by Crippen LogP contribution is -2.36. The first kappa shape index (κ1) is 18.0. The van der Waals surface area contributed by atoms with Gasteiger partial charge in [-0.1, -0.05) is 12.1 Å². The molecule has 8 nitrogen and oxygen atoms in total. The van der Waals surface area contributed by atoms with E-state index < -0.39 is 11.5 Å². The van der Waals surface area contributed by atoms with Crippen LogP contribution in [-0.2, 0) is 4.79 Å². The van der Waals surface area contributed by atoms with Gasteiger partial charge in [0, 0.05) is 24.3 Å². The van der Waals surface area contributed by atoms with Crippen LogP contribution in [0.2, 0.25) is 0 Å². The van der Waals surface area contributed by atoms with E-state index >= 15 is 0 Å². The number of hydrogen-bond acceptors (Lipinski definition) is 6. The third-order valence-electron chi connectivity index (χ3n) is 4.83. The summed E-state index contributed by atoms with van der Waals surface area (Å²) < 4.78 is 0. The second kappa shape index (κ2) is 7.22. The fourth-order valence-corrected chi connectivity index (χ4v) is 3.36. The van der Waals surface area contributed by atoms with Crippen LogP contribution >= 0.6 is 0 Å². The maximum atomic E-state index is 12.0. The highest BCUT2D eigenvalue weighted by Gasteiger charge is 2.25. The van der Waals surface area contributed by atoms with Crippen molar-refractivity contribution in [2.24, 2.45) is 5.92 Å². The van der Waals surface area contributed by atoms with Crippen molar-refractivity contribution < 1.29 is 9.90 Å². The summed E-state index contributed by atoms with van der Waals surface area (Å²) in [5.74, 6) is -1.14. The number of nitrogens with one attached hydrogen (secondary N) is 1. The maximum Gasteiger partial charge on any atom is 0.306 e. The quantitative estimate of drug-likeness (QED) is 0.751. The molecule has 0 radical (unpaired) electrons. The molecular formula is C19H17N5O3. The summed E-state index contributed by atoms with van der Waals surface area (Å²) in [6, 6.07) is 10.9. The Morgan fingerprint density at radius 1 is 1.15 bits per heavy atom. The Hall–Kier alpha value is -3.78. The van der Waals surface area contributed by atoms with Crippen LogP contribution in [-0.4, -0.2) is 29.1 Å². The molecule has 1 aliphatic heterocycles. The largest absolute Gasteiger partial charge is 0.481 e. The minimum absolute atomic E-state index is 0.0566. The van der Waals surface area contributed by atoms with Gasteiger partial charge in [-0.15, -0.1) is 0 Å². The molecule has 2 heterocycles. The molecular weight excluding hydrogens is 346 g/mol. The molecule has 4 N–H and O–H groups in total. The number of anilines is 2. The molecule has 8 heteroatoms. The lowest BCUT2D eigenvalue weighted by molar-refractivity contribution is -0.142. The molecule has 1 saturated heterocycles. The van der Waals surface area contributed by atoms with Gasteiger partial charge in [-0.05, 0) is 30.5 Å². The predicted octanol–water partition coefficient (Wildman–Crippen LogP) is 1.67. The zero-order valence-corrected chi connectivity index (χ0v) is 14.4. The van der Waals surface area contributed by atoms with E-state index in [0.717, 1.165) is 5.69 Å². The fourth-order valence-electron chi connectivity index (χ4n) is 3.36. The van der Waals surface area contributed by atoms with Crippen molar-refractivity contribution in [2.75, 3.05) is 23.7 Å². The third-order valence-corrected chi connectivity index (χ3v) is 4.83. The number of rotatable bonds is 3. The molecule has 2 aromatic rings. The molecule has 0 aliphatic carbocycles. The van der Waals surface area contributed by atoms with Gasteiger partial charge < -0.3 is 20.7 Å². The van der Waals surface area contributed by atoms with E-state index in [2.05, 4.69) is 9.88 Å². The molecule has 27 heavy (non-hydrogen) atoms. The van der Waals surface area contributed by atoms with Crippen LogP contribution in [0, 0.1) is 28.6 Å². The molecule has 0 amide bonds. The number of H-pyrrole nitrogens is 1. The predicted molar refractivity (Wildman–Crippen MR) is 98.9 cm³/mol. The summed E-state index contributed by atoms with van der Waals surface area (Å²) in [4.78, 5) is 27.5. The number of aromatic nitrogens is 1. The monoisotopic (exact) mass is 363 g/mol. The molecule has 136 valence electrons. The van der Waals surface area contributed by atoms with Crippen LogP contribution in [0.1, 0.15) is 24.0 Å². The molecule has 0 unspecified atom stereocenters. The number of carbonyl (C=O) groups is 1. The van der Waals surface area contributed by atoms with Crippen LogP contribution in [0.5, 0.6) is 0 Å². The van der Waals surface area contributed by atoms with Crippen molar-refractivity contribution in [1.82, 2.24) is 4.98 Å². The molecule has 1 aromatic heterocycles.